The maximum atomic E-state index is 13.4. The number of hydrogen-bond acceptors (Lipinski definition) is 3. The van der Waals surface area contributed by atoms with Gasteiger partial charge in [-0.05, 0) is 41.5 Å². The molecule has 3 amide bonds. The van der Waals surface area contributed by atoms with Crippen LogP contribution in [0.4, 0.5) is 5.69 Å². The van der Waals surface area contributed by atoms with Crippen molar-refractivity contribution in [2.75, 3.05) is 18.0 Å². The van der Waals surface area contributed by atoms with Crippen LogP contribution < -0.4 is 4.90 Å². The summed E-state index contributed by atoms with van der Waals surface area (Å²) in [5, 5.41) is 3.53. The first kappa shape index (κ1) is 23.2. The third kappa shape index (κ3) is 4.12. The molecule has 0 aliphatic carbocycles. The van der Waals surface area contributed by atoms with E-state index in [0.717, 1.165) is 39.2 Å². The van der Waals surface area contributed by atoms with Gasteiger partial charge in [0.15, 0.2) is 0 Å². The summed E-state index contributed by atoms with van der Waals surface area (Å²) in [6.07, 6.45) is 2.11. The first-order valence-electron chi connectivity index (χ1n) is 11.9. The Morgan fingerprint density at radius 3 is 2.34 bits per heavy atom. The van der Waals surface area contributed by atoms with Crippen molar-refractivity contribution in [1.82, 2.24) is 4.90 Å². The normalized spacial score (nSPS) is 13.0. The Hall–Kier alpha value is -3.51. The van der Waals surface area contributed by atoms with Crippen molar-refractivity contribution >= 4 is 60.9 Å². The molecule has 5 rings (SSSR count). The molecule has 0 unspecified atom stereocenters. The number of imide groups is 1. The van der Waals surface area contributed by atoms with Crippen LogP contribution in [0.2, 0.25) is 0 Å². The molecular weight excluding hydrogens is 504 g/mol. The van der Waals surface area contributed by atoms with Gasteiger partial charge in [-0.3, -0.25) is 19.3 Å². The van der Waals surface area contributed by atoms with Crippen molar-refractivity contribution in [3.05, 3.63) is 88.4 Å². The highest BCUT2D eigenvalue weighted by atomic mass is 79.9. The molecule has 0 fully saturated rings. The summed E-state index contributed by atoms with van der Waals surface area (Å²) in [4.78, 5) is 43.1. The number of carbonyl (C=O) groups excluding carboxylic acids is 3. The molecule has 0 aromatic heterocycles. The van der Waals surface area contributed by atoms with Crippen LogP contribution in [0.3, 0.4) is 0 Å². The van der Waals surface area contributed by atoms with Gasteiger partial charge >= 0.3 is 0 Å². The lowest BCUT2D eigenvalue weighted by molar-refractivity contribution is -0.118. The number of halogens is 1. The van der Waals surface area contributed by atoms with E-state index in [2.05, 4.69) is 22.9 Å². The van der Waals surface area contributed by atoms with Crippen molar-refractivity contribution in [1.29, 1.82) is 0 Å². The van der Waals surface area contributed by atoms with Crippen LogP contribution in [0.5, 0.6) is 0 Å². The lowest BCUT2D eigenvalue weighted by atomic mass is 9.94. The number of rotatable bonds is 7. The van der Waals surface area contributed by atoms with E-state index in [9.17, 15) is 14.4 Å². The highest BCUT2D eigenvalue weighted by molar-refractivity contribution is 9.10. The topological polar surface area (TPSA) is 57.7 Å². The van der Waals surface area contributed by atoms with Gasteiger partial charge < -0.3 is 4.90 Å². The van der Waals surface area contributed by atoms with E-state index >= 15 is 0 Å². The monoisotopic (exact) mass is 528 g/mol. The van der Waals surface area contributed by atoms with E-state index in [4.69, 9.17) is 0 Å². The molecule has 0 N–H and O–H groups in total. The SMILES string of the molecule is CCCCC(=O)N(CCN1C(=O)c2cccc3c(Br)ccc(c23)C1=O)c1cccc2ccccc12. The summed E-state index contributed by atoms with van der Waals surface area (Å²) in [5.74, 6) is -0.665. The summed E-state index contributed by atoms with van der Waals surface area (Å²) in [6.45, 7) is 2.40. The second kappa shape index (κ2) is 9.62. The van der Waals surface area contributed by atoms with Crippen molar-refractivity contribution in [3.63, 3.8) is 0 Å². The van der Waals surface area contributed by atoms with Gasteiger partial charge in [0.2, 0.25) is 5.91 Å². The van der Waals surface area contributed by atoms with E-state index < -0.39 is 0 Å². The first-order chi connectivity index (χ1) is 17.0. The number of unbranched alkanes of at least 4 members (excludes halogenated alkanes) is 1. The van der Waals surface area contributed by atoms with E-state index in [-0.39, 0.29) is 30.8 Å². The van der Waals surface area contributed by atoms with Crippen molar-refractivity contribution in [2.24, 2.45) is 0 Å². The van der Waals surface area contributed by atoms with Gasteiger partial charge in [-0.25, -0.2) is 0 Å². The van der Waals surface area contributed by atoms with Crippen LogP contribution in [0.1, 0.15) is 46.9 Å². The average Bonchev–Trinajstić information content (AvgIpc) is 2.88. The number of hydrogen-bond donors (Lipinski definition) is 0. The highest BCUT2D eigenvalue weighted by Gasteiger charge is 2.33. The minimum absolute atomic E-state index is 0.00783. The number of carbonyl (C=O) groups is 3. The third-order valence-electron chi connectivity index (χ3n) is 6.59. The van der Waals surface area contributed by atoms with Gasteiger partial charge in [-0.15, -0.1) is 0 Å². The van der Waals surface area contributed by atoms with Crippen molar-refractivity contribution < 1.29 is 14.4 Å². The zero-order chi connectivity index (χ0) is 24.5. The van der Waals surface area contributed by atoms with Crippen LogP contribution in [0.15, 0.2) is 77.3 Å². The molecule has 0 atom stereocenters. The average molecular weight is 529 g/mol. The van der Waals surface area contributed by atoms with E-state index in [1.807, 2.05) is 60.7 Å². The Bertz CT molecular complexity index is 1450. The molecule has 1 heterocycles. The molecule has 0 saturated heterocycles. The van der Waals surface area contributed by atoms with Gasteiger partial charge in [0, 0.05) is 45.9 Å². The van der Waals surface area contributed by atoms with E-state index in [1.165, 1.54) is 4.90 Å². The molecule has 176 valence electrons. The summed E-state index contributed by atoms with van der Waals surface area (Å²) >= 11 is 3.52. The quantitative estimate of drug-likeness (QED) is 0.254. The molecule has 1 aliphatic rings. The van der Waals surface area contributed by atoms with Crippen LogP contribution in [-0.4, -0.2) is 35.7 Å². The van der Waals surface area contributed by atoms with E-state index in [0.29, 0.717) is 22.9 Å². The summed E-state index contributed by atoms with van der Waals surface area (Å²) in [5.41, 5.74) is 1.81. The fraction of sp³-hybridized carbons (Fsp3) is 0.207. The number of fused-ring (bicyclic) bond motifs is 1. The van der Waals surface area contributed by atoms with Crippen LogP contribution in [0, 0.1) is 0 Å². The van der Waals surface area contributed by atoms with Gasteiger partial charge in [0.25, 0.3) is 11.8 Å². The molecule has 6 heteroatoms. The standard InChI is InChI=1S/C29H25BrN2O3/c1-2-3-14-26(33)31(25-13-6-9-19-8-4-5-10-20(19)25)17-18-32-28(34)22-12-7-11-21-24(30)16-15-23(27(21)22)29(32)35/h4-13,15-16H,2-3,14,17-18H2,1H3. The number of nitrogens with zero attached hydrogens (tertiary/aromatic N) is 2. The molecule has 0 saturated carbocycles. The Morgan fingerprint density at radius 2 is 1.54 bits per heavy atom. The Kier molecular flexibility index (Phi) is 6.39. The molecule has 0 spiro atoms. The predicted molar refractivity (Wildman–Crippen MR) is 143 cm³/mol. The number of anilines is 1. The fourth-order valence-corrected chi connectivity index (χ4v) is 5.26. The second-order valence-corrected chi connectivity index (χ2v) is 9.59. The largest absolute Gasteiger partial charge is 0.310 e. The third-order valence-corrected chi connectivity index (χ3v) is 7.28. The van der Waals surface area contributed by atoms with Crippen LogP contribution in [0.25, 0.3) is 21.5 Å². The number of amides is 3. The molecule has 35 heavy (non-hydrogen) atoms. The van der Waals surface area contributed by atoms with Gasteiger partial charge in [0.1, 0.15) is 0 Å². The predicted octanol–water partition coefficient (Wildman–Crippen LogP) is 6.57. The molecule has 4 aromatic rings. The molecule has 0 bridgehead atoms. The van der Waals surface area contributed by atoms with Gasteiger partial charge in [-0.2, -0.15) is 0 Å². The van der Waals surface area contributed by atoms with Gasteiger partial charge in [0.05, 0.1) is 5.69 Å². The molecule has 1 aliphatic heterocycles. The smallest absolute Gasteiger partial charge is 0.261 e. The summed E-state index contributed by atoms with van der Waals surface area (Å²) in [7, 11) is 0. The summed E-state index contributed by atoms with van der Waals surface area (Å²) < 4.78 is 0.843. The lowest BCUT2D eigenvalue weighted by Crippen LogP contribution is -2.46. The first-order valence-corrected chi connectivity index (χ1v) is 12.7. The van der Waals surface area contributed by atoms with Crippen LogP contribution >= 0.6 is 15.9 Å². The van der Waals surface area contributed by atoms with Crippen LogP contribution in [-0.2, 0) is 4.79 Å². The minimum atomic E-state index is -0.329. The maximum absolute atomic E-state index is 13.4. The second-order valence-electron chi connectivity index (χ2n) is 8.73. The highest BCUT2D eigenvalue weighted by Crippen LogP contribution is 2.34. The summed E-state index contributed by atoms with van der Waals surface area (Å²) in [6, 6.07) is 22.9. The minimum Gasteiger partial charge on any atom is -0.310 e. The Labute approximate surface area is 212 Å². The van der Waals surface area contributed by atoms with Crippen molar-refractivity contribution in [2.45, 2.75) is 26.2 Å². The lowest BCUT2D eigenvalue weighted by Gasteiger charge is -2.31. The molecule has 0 radical (unpaired) electrons. The number of benzene rings is 4. The Balaban J connectivity index is 1.49. The van der Waals surface area contributed by atoms with Gasteiger partial charge in [-0.1, -0.05) is 77.8 Å². The fourth-order valence-electron chi connectivity index (χ4n) is 4.80. The van der Waals surface area contributed by atoms with E-state index in [1.54, 1.807) is 17.0 Å². The zero-order valence-corrected chi connectivity index (χ0v) is 21.0. The Morgan fingerprint density at radius 1 is 0.857 bits per heavy atom. The zero-order valence-electron chi connectivity index (χ0n) is 19.5. The maximum Gasteiger partial charge on any atom is 0.261 e. The molecular formula is C29H25BrN2O3. The van der Waals surface area contributed by atoms with Crippen molar-refractivity contribution in [3.8, 4) is 0 Å². The molecule has 4 aromatic carbocycles. The molecule has 5 nitrogen and oxygen atoms in total.